The molecule has 0 saturated carbocycles. The molecule has 0 aromatic carbocycles. The van der Waals surface area contributed by atoms with Gasteiger partial charge in [0.15, 0.2) is 5.76 Å². The molecule has 0 aliphatic rings. The number of hydrogen-bond donors (Lipinski definition) is 0. The van der Waals surface area contributed by atoms with Gasteiger partial charge in [-0.2, -0.15) is 4.79 Å². The van der Waals surface area contributed by atoms with Crippen molar-refractivity contribution in [3.05, 3.63) is 16.9 Å². The molecule has 0 bridgehead atoms. The summed E-state index contributed by atoms with van der Waals surface area (Å²) in [6, 6.07) is 0. The Morgan fingerprint density at radius 3 is 1.88 bits per heavy atom. The van der Waals surface area contributed by atoms with Gasteiger partial charge in [-0.05, 0) is 19.4 Å². The minimum absolute atomic E-state index is 0.0767. The number of Topliss-reactive ketones (excluding diaryl/α,β-unsaturated/α-hetero) is 1. The minimum Gasteiger partial charge on any atom is -0.492 e. The van der Waals surface area contributed by atoms with Gasteiger partial charge in [0.2, 0.25) is 0 Å². The fourth-order valence-electron chi connectivity index (χ4n) is 1.10. The zero-order valence-electron chi connectivity index (χ0n) is 10.4. The van der Waals surface area contributed by atoms with Gasteiger partial charge >= 0.3 is 18.8 Å². The van der Waals surface area contributed by atoms with E-state index < -0.39 is 18.8 Å². The lowest BCUT2D eigenvalue weighted by atomic mass is 10.2. The summed E-state index contributed by atoms with van der Waals surface area (Å²) in [5.74, 6) is -0.922. The Hall–Kier alpha value is -1.26. The van der Waals surface area contributed by atoms with E-state index in [1.807, 2.05) is 0 Å². The summed E-state index contributed by atoms with van der Waals surface area (Å²) in [7, 11) is -0.478. The smallest absolute Gasteiger partial charge is 0.452 e. The number of carbonyl (C=O) groups is 1. The van der Waals surface area contributed by atoms with E-state index >= 15 is 0 Å². The molecule has 0 fully saturated rings. The SMILES string of the molecule is COC(C(=O)C(=[N+]=[N-])P(=O)(OC)OC)=C(C)C. The Bertz CT molecular complexity index is 425. The number of rotatable bonds is 6. The Morgan fingerprint density at radius 2 is 1.65 bits per heavy atom. The van der Waals surface area contributed by atoms with E-state index in [0.29, 0.717) is 5.57 Å². The fraction of sp³-hybridized carbons (Fsp3) is 0.556. The van der Waals surface area contributed by atoms with Crippen LogP contribution in [-0.2, 0) is 23.1 Å². The fourth-order valence-corrected chi connectivity index (χ4v) is 2.05. The summed E-state index contributed by atoms with van der Waals surface area (Å²) in [5.41, 5.74) is 8.59. The van der Waals surface area contributed by atoms with E-state index in [1.165, 1.54) is 7.11 Å². The monoisotopic (exact) mass is 262 g/mol. The standard InChI is InChI=1S/C9H15N2O5P/c1-6(2)8(14-3)7(12)9(11-10)17(13,15-4)16-5/h1-5H3. The van der Waals surface area contributed by atoms with Crippen molar-refractivity contribution in [1.82, 2.24) is 0 Å². The zero-order chi connectivity index (χ0) is 13.6. The number of hydrogen-bond acceptors (Lipinski definition) is 5. The molecule has 17 heavy (non-hydrogen) atoms. The summed E-state index contributed by atoms with van der Waals surface area (Å²) in [5, 5.41) is 0. The van der Waals surface area contributed by atoms with Gasteiger partial charge in [0, 0.05) is 14.2 Å². The molecule has 0 aromatic heterocycles. The molecule has 0 atom stereocenters. The van der Waals surface area contributed by atoms with E-state index in [1.54, 1.807) is 13.8 Å². The average molecular weight is 262 g/mol. The lowest BCUT2D eigenvalue weighted by Gasteiger charge is -2.09. The first-order chi connectivity index (χ1) is 7.87. The van der Waals surface area contributed by atoms with Gasteiger partial charge < -0.3 is 19.3 Å². The summed E-state index contributed by atoms with van der Waals surface area (Å²) in [6.07, 6.45) is 0. The first-order valence-electron chi connectivity index (χ1n) is 4.58. The second-order valence-corrected chi connectivity index (χ2v) is 5.30. The largest absolute Gasteiger partial charge is 0.492 e. The first kappa shape index (κ1) is 15.7. The van der Waals surface area contributed by atoms with E-state index in [4.69, 9.17) is 10.3 Å². The number of nitrogens with zero attached hydrogens (tertiary/aromatic N) is 2. The van der Waals surface area contributed by atoms with E-state index in [-0.39, 0.29) is 5.76 Å². The van der Waals surface area contributed by atoms with Crippen LogP contribution in [0, 0.1) is 0 Å². The van der Waals surface area contributed by atoms with Crippen molar-refractivity contribution in [2.75, 3.05) is 21.3 Å². The topological polar surface area (TPSA) is 98.2 Å². The maximum Gasteiger partial charge on any atom is 0.452 e. The maximum atomic E-state index is 11.9. The second kappa shape index (κ2) is 6.47. The van der Waals surface area contributed by atoms with Crippen LogP contribution in [0.4, 0.5) is 0 Å². The van der Waals surface area contributed by atoms with Gasteiger partial charge in [-0.15, -0.1) is 0 Å². The quantitative estimate of drug-likeness (QED) is 0.181. The van der Waals surface area contributed by atoms with Crippen LogP contribution in [0.15, 0.2) is 11.3 Å². The van der Waals surface area contributed by atoms with Crippen LogP contribution in [0.3, 0.4) is 0 Å². The van der Waals surface area contributed by atoms with Crippen LogP contribution in [0.25, 0.3) is 5.53 Å². The molecule has 0 radical (unpaired) electrons. The van der Waals surface area contributed by atoms with Gasteiger partial charge in [-0.25, -0.2) is 4.57 Å². The molecular formula is C9H15N2O5P. The van der Waals surface area contributed by atoms with E-state index in [2.05, 4.69) is 13.8 Å². The van der Waals surface area contributed by atoms with Crippen LogP contribution >= 0.6 is 7.60 Å². The van der Waals surface area contributed by atoms with Crippen molar-refractivity contribution < 1.29 is 27.9 Å². The van der Waals surface area contributed by atoms with Gasteiger partial charge in [0.05, 0.1) is 7.11 Å². The van der Waals surface area contributed by atoms with Crippen molar-refractivity contribution >= 4 is 18.8 Å². The van der Waals surface area contributed by atoms with Crippen molar-refractivity contribution in [2.24, 2.45) is 0 Å². The van der Waals surface area contributed by atoms with Gasteiger partial charge in [0.25, 0.3) is 0 Å². The van der Waals surface area contributed by atoms with Crippen LogP contribution in [0.5, 0.6) is 0 Å². The second-order valence-electron chi connectivity index (χ2n) is 3.15. The van der Waals surface area contributed by atoms with E-state index in [9.17, 15) is 9.36 Å². The summed E-state index contributed by atoms with van der Waals surface area (Å²) >= 11 is 0. The van der Waals surface area contributed by atoms with Crippen molar-refractivity contribution in [3.63, 3.8) is 0 Å². The summed E-state index contributed by atoms with van der Waals surface area (Å²) in [6.45, 7) is 3.24. The Kier molecular flexibility index (Phi) is 5.99. The molecule has 0 N–H and O–H groups in total. The highest BCUT2D eigenvalue weighted by atomic mass is 31.2. The third kappa shape index (κ3) is 3.35. The molecule has 0 aliphatic carbocycles. The molecule has 0 aromatic rings. The minimum atomic E-state index is -3.92. The molecular weight excluding hydrogens is 247 g/mol. The highest BCUT2D eigenvalue weighted by molar-refractivity contribution is 7.75. The van der Waals surface area contributed by atoms with Crippen LogP contribution in [0.2, 0.25) is 0 Å². The normalized spacial score (nSPS) is 10.4. The summed E-state index contributed by atoms with van der Waals surface area (Å²) < 4.78 is 25.9. The molecule has 7 nitrogen and oxygen atoms in total. The van der Waals surface area contributed by atoms with Gasteiger partial charge in [-0.1, -0.05) is 0 Å². The third-order valence-electron chi connectivity index (χ3n) is 1.90. The van der Waals surface area contributed by atoms with E-state index in [0.717, 1.165) is 14.2 Å². The lowest BCUT2D eigenvalue weighted by Crippen LogP contribution is -2.21. The number of carbonyl (C=O) groups excluding carboxylic acids is 1. The average Bonchev–Trinajstić information content (AvgIpc) is 2.30. The predicted molar refractivity (Wildman–Crippen MR) is 60.6 cm³/mol. The van der Waals surface area contributed by atoms with Crippen molar-refractivity contribution in [1.29, 1.82) is 0 Å². The van der Waals surface area contributed by atoms with Crippen molar-refractivity contribution in [2.45, 2.75) is 13.8 Å². The molecule has 0 aliphatic heterocycles. The molecule has 0 spiro atoms. The molecule has 0 saturated heterocycles. The van der Waals surface area contributed by atoms with Crippen LogP contribution < -0.4 is 0 Å². The first-order valence-corrected chi connectivity index (χ1v) is 6.12. The number of ether oxygens (including phenoxy) is 1. The molecule has 0 heterocycles. The Morgan fingerprint density at radius 1 is 1.18 bits per heavy atom. The highest BCUT2D eigenvalue weighted by Gasteiger charge is 2.46. The van der Waals surface area contributed by atoms with Crippen molar-refractivity contribution in [3.8, 4) is 0 Å². The number of methoxy groups -OCH3 is 1. The Balaban J connectivity index is 5.64. The zero-order valence-corrected chi connectivity index (χ0v) is 11.3. The number of ketones is 1. The maximum absolute atomic E-state index is 11.9. The molecule has 0 unspecified atom stereocenters. The third-order valence-corrected chi connectivity index (χ3v) is 3.68. The Labute approximate surface area is 99.5 Å². The molecule has 0 rings (SSSR count). The van der Waals surface area contributed by atoms with Crippen LogP contribution in [0.1, 0.15) is 13.8 Å². The molecule has 96 valence electrons. The summed E-state index contributed by atoms with van der Waals surface area (Å²) in [4.78, 5) is 14.6. The molecule has 0 amide bonds. The lowest BCUT2D eigenvalue weighted by molar-refractivity contribution is -0.116. The van der Waals surface area contributed by atoms with Crippen LogP contribution in [-0.4, -0.2) is 37.4 Å². The van der Waals surface area contributed by atoms with Gasteiger partial charge in [-0.3, -0.25) is 4.79 Å². The predicted octanol–water partition coefficient (Wildman–Crippen LogP) is 1.61. The molecule has 8 heteroatoms. The number of allylic oxidation sites excluding steroid dienone is 2. The van der Waals surface area contributed by atoms with Gasteiger partial charge in [0.1, 0.15) is 0 Å². The highest BCUT2D eigenvalue weighted by Crippen LogP contribution is 2.48.